The van der Waals surface area contributed by atoms with Crippen LogP contribution in [0, 0.1) is 5.92 Å². The normalized spacial score (nSPS) is 16.8. The first-order chi connectivity index (χ1) is 8.00. The van der Waals surface area contributed by atoms with Crippen LogP contribution in [0.15, 0.2) is 9.59 Å². The maximum atomic E-state index is 11.5. The highest BCUT2D eigenvalue weighted by atomic mass is 16.3. The molecule has 0 amide bonds. The van der Waals surface area contributed by atoms with Crippen molar-refractivity contribution in [2.24, 2.45) is 13.0 Å². The zero-order valence-electron chi connectivity index (χ0n) is 9.56. The highest BCUT2D eigenvalue weighted by Gasteiger charge is 2.29. The number of nitrogens with one attached hydrogen (secondary N) is 2. The number of hydrogen-bond donors (Lipinski definition) is 4. The maximum Gasteiger partial charge on any atom is 0.329 e. The Kier molecular flexibility index (Phi) is 2.93. The van der Waals surface area contributed by atoms with Crippen molar-refractivity contribution in [2.75, 3.05) is 17.6 Å². The van der Waals surface area contributed by atoms with E-state index in [1.807, 2.05) is 0 Å². The van der Waals surface area contributed by atoms with Gasteiger partial charge < -0.3 is 16.2 Å². The van der Waals surface area contributed by atoms with Gasteiger partial charge in [-0.1, -0.05) is 0 Å². The highest BCUT2D eigenvalue weighted by molar-refractivity contribution is 5.60. The molecule has 5 N–H and O–H groups in total. The fourth-order valence-electron chi connectivity index (χ4n) is 1.66. The summed E-state index contributed by atoms with van der Waals surface area (Å²) in [5, 5.41) is 12.5. The zero-order chi connectivity index (χ0) is 12.6. The van der Waals surface area contributed by atoms with E-state index in [0.717, 1.165) is 17.4 Å². The van der Waals surface area contributed by atoms with Crippen molar-refractivity contribution in [1.82, 2.24) is 9.55 Å². The summed E-state index contributed by atoms with van der Waals surface area (Å²) < 4.78 is 1.15. The van der Waals surface area contributed by atoms with Crippen LogP contribution in [0.5, 0.6) is 0 Å². The third kappa shape index (κ3) is 2.33. The molecule has 1 aliphatic rings. The molecule has 1 saturated carbocycles. The van der Waals surface area contributed by atoms with Crippen LogP contribution in [0.25, 0.3) is 0 Å². The average Bonchev–Trinajstić information content (AvgIpc) is 3.09. The Morgan fingerprint density at radius 3 is 2.82 bits per heavy atom. The number of nitrogens with zero attached hydrogens (tertiary/aromatic N) is 1. The third-order valence-corrected chi connectivity index (χ3v) is 3.02. The first kappa shape index (κ1) is 11.7. The van der Waals surface area contributed by atoms with Gasteiger partial charge in [-0.25, -0.2) is 4.79 Å². The van der Waals surface area contributed by atoms with E-state index in [-0.39, 0.29) is 18.1 Å². The Morgan fingerprint density at radius 1 is 1.59 bits per heavy atom. The second-order valence-corrected chi connectivity index (χ2v) is 4.36. The SMILES string of the molecule is Cn1c(N)c(NCC(O)C2CC2)c(=O)[nH]c1=O. The van der Waals surface area contributed by atoms with Gasteiger partial charge >= 0.3 is 5.69 Å². The van der Waals surface area contributed by atoms with Crippen LogP contribution in [0.2, 0.25) is 0 Å². The third-order valence-electron chi connectivity index (χ3n) is 3.02. The van der Waals surface area contributed by atoms with Crippen LogP contribution < -0.4 is 22.3 Å². The van der Waals surface area contributed by atoms with E-state index in [1.165, 1.54) is 7.05 Å². The molecule has 2 rings (SSSR count). The molecule has 0 aliphatic heterocycles. The van der Waals surface area contributed by atoms with Gasteiger partial charge in [-0.2, -0.15) is 0 Å². The number of aliphatic hydroxyl groups is 1. The molecule has 0 saturated heterocycles. The van der Waals surface area contributed by atoms with Crippen LogP contribution >= 0.6 is 0 Å². The van der Waals surface area contributed by atoms with Crippen LogP contribution in [0.1, 0.15) is 12.8 Å². The Hall–Kier alpha value is -1.76. The highest BCUT2D eigenvalue weighted by Crippen LogP contribution is 2.32. The number of anilines is 2. The van der Waals surface area contributed by atoms with E-state index in [1.54, 1.807) is 0 Å². The van der Waals surface area contributed by atoms with Crippen LogP contribution in [0.4, 0.5) is 11.5 Å². The van der Waals surface area contributed by atoms with E-state index in [0.29, 0.717) is 5.92 Å². The Labute approximate surface area is 97.3 Å². The number of nitrogens with two attached hydrogens (primary N) is 1. The minimum absolute atomic E-state index is 0.0711. The number of H-pyrrole nitrogens is 1. The summed E-state index contributed by atoms with van der Waals surface area (Å²) in [5.74, 6) is 0.386. The molecule has 1 atom stereocenters. The largest absolute Gasteiger partial charge is 0.391 e. The van der Waals surface area contributed by atoms with Gasteiger partial charge in [0.2, 0.25) is 0 Å². The molecule has 94 valence electrons. The van der Waals surface area contributed by atoms with E-state index < -0.39 is 17.4 Å². The van der Waals surface area contributed by atoms with Gasteiger partial charge in [0.05, 0.1) is 6.10 Å². The van der Waals surface area contributed by atoms with Crippen molar-refractivity contribution >= 4 is 11.5 Å². The van der Waals surface area contributed by atoms with Crippen LogP contribution in [0.3, 0.4) is 0 Å². The first-order valence-electron chi connectivity index (χ1n) is 5.51. The smallest absolute Gasteiger partial charge is 0.329 e. The molecule has 1 aromatic heterocycles. The molecular weight excluding hydrogens is 224 g/mol. The predicted molar refractivity (Wildman–Crippen MR) is 63.9 cm³/mol. The Morgan fingerprint density at radius 2 is 2.24 bits per heavy atom. The fraction of sp³-hybridized carbons (Fsp3) is 0.600. The number of aromatic nitrogens is 2. The monoisotopic (exact) mass is 240 g/mol. The van der Waals surface area contributed by atoms with Crippen molar-refractivity contribution in [3.05, 3.63) is 20.8 Å². The lowest BCUT2D eigenvalue weighted by atomic mass is 10.2. The van der Waals surface area contributed by atoms with Gasteiger partial charge in [0.1, 0.15) is 11.5 Å². The number of nitrogen functional groups attached to an aromatic ring is 1. The molecule has 17 heavy (non-hydrogen) atoms. The number of aliphatic hydroxyl groups excluding tert-OH is 1. The molecular formula is C10H16N4O3. The quantitative estimate of drug-likeness (QED) is 0.530. The van der Waals surface area contributed by atoms with Gasteiger partial charge in [0, 0.05) is 13.6 Å². The predicted octanol–water partition coefficient (Wildman–Crippen LogP) is -1.16. The van der Waals surface area contributed by atoms with Crippen LogP contribution in [-0.4, -0.2) is 27.3 Å². The molecule has 1 heterocycles. The molecule has 7 heteroatoms. The van der Waals surface area contributed by atoms with E-state index in [4.69, 9.17) is 5.73 Å². The molecule has 0 spiro atoms. The number of aromatic amines is 1. The van der Waals surface area contributed by atoms with Crippen molar-refractivity contribution in [3.63, 3.8) is 0 Å². The molecule has 0 radical (unpaired) electrons. The van der Waals surface area contributed by atoms with Gasteiger partial charge in [0.25, 0.3) is 5.56 Å². The molecule has 1 unspecified atom stereocenters. The second kappa shape index (κ2) is 4.25. The van der Waals surface area contributed by atoms with E-state index >= 15 is 0 Å². The lowest BCUT2D eigenvalue weighted by Gasteiger charge is -2.13. The summed E-state index contributed by atoms with van der Waals surface area (Å²) in [4.78, 5) is 24.9. The maximum absolute atomic E-state index is 11.5. The second-order valence-electron chi connectivity index (χ2n) is 4.36. The van der Waals surface area contributed by atoms with Crippen LogP contribution in [-0.2, 0) is 7.05 Å². The first-order valence-corrected chi connectivity index (χ1v) is 5.51. The van der Waals surface area contributed by atoms with Crippen molar-refractivity contribution in [2.45, 2.75) is 18.9 Å². The topological polar surface area (TPSA) is 113 Å². The van der Waals surface area contributed by atoms with E-state index in [9.17, 15) is 14.7 Å². The molecule has 7 nitrogen and oxygen atoms in total. The lowest BCUT2D eigenvalue weighted by Crippen LogP contribution is -2.34. The van der Waals surface area contributed by atoms with Gasteiger partial charge in [-0.05, 0) is 18.8 Å². The van der Waals surface area contributed by atoms with Crippen molar-refractivity contribution in [3.8, 4) is 0 Å². The summed E-state index contributed by atoms with van der Waals surface area (Å²) in [6, 6.07) is 0. The summed E-state index contributed by atoms with van der Waals surface area (Å²) in [5.41, 5.74) is 4.68. The fourth-order valence-corrected chi connectivity index (χ4v) is 1.66. The summed E-state index contributed by atoms with van der Waals surface area (Å²) in [7, 11) is 1.47. The van der Waals surface area contributed by atoms with Crippen molar-refractivity contribution < 1.29 is 5.11 Å². The standard InChI is InChI=1S/C10H16N4O3/c1-14-8(11)7(9(16)13-10(14)17)12-4-6(15)5-2-3-5/h5-6,12,15H,2-4,11H2,1H3,(H,13,16,17). The Balaban J connectivity index is 2.17. The molecule has 1 aliphatic carbocycles. The number of hydrogen-bond acceptors (Lipinski definition) is 5. The molecule has 0 aromatic carbocycles. The summed E-state index contributed by atoms with van der Waals surface area (Å²) in [6.07, 6.45) is 1.55. The molecule has 1 aromatic rings. The minimum Gasteiger partial charge on any atom is -0.391 e. The van der Waals surface area contributed by atoms with E-state index in [2.05, 4.69) is 10.3 Å². The van der Waals surface area contributed by atoms with Gasteiger partial charge in [-0.3, -0.25) is 14.3 Å². The minimum atomic E-state index is -0.561. The molecule has 1 fully saturated rings. The van der Waals surface area contributed by atoms with Gasteiger partial charge in [0.15, 0.2) is 0 Å². The average molecular weight is 240 g/mol. The van der Waals surface area contributed by atoms with Crippen molar-refractivity contribution in [1.29, 1.82) is 0 Å². The summed E-state index contributed by atoms with van der Waals surface area (Å²) >= 11 is 0. The number of rotatable bonds is 4. The molecule has 0 bridgehead atoms. The zero-order valence-corrected chi connectivity index (χ0v) is 9.56. The lowest BCUT2D eigenvalue weighted by molar-refractivity contribution is 0.164. The summed E-state index contributed by atoms with van der Waals surface area (Å²) in [6.45, 7) is 0.260. The Bertz CT molecular complexity index is 529. The van der Waals surface area contributed by atoms with Gasteiger partial charge in [-0.15, -0.1) is 0 Å².